The van der Waals surface area contributed by atoms with Crippen LogP contribution in [-0.2, 0) is 0 Å². The molecule has 0 saturated carbocycles. The van der Waals surface area contributed by atoms with Crippen molar-refractivity contribution in [1.82, 2.24) is 0 Å². The second-order valence-electron chi connectivity index (χ2n) is 1.56. The van der Waals surface area contributed by atoms with E-state index in [9.17, 15) is 8.78 Å². The van der Waals surface area contributed by atoms with E-state index < -0.39 is 10.9 Å². The Morgan fingerprint density at radius 2 is 1.00 bits per heavy atom. The highest BCUT2D eigenvalue weighted by atomic mass is 19.3. The minimum Gasteiger partial charge on any atom is -0.221 e. The molecular formula is C2B4F2. The van der Waals surface area contributed by atoms with E-state index in [2.05, 4.69) is 31.4 Å². The SMILES string of the molecule is [B]C([B])([B])C([B])(F)F. The second-order valence-corrected chi connectivity index (χ2v) is 1.56. The van der Waals surface area contributed by atoms with E-state index in [1.54, 1.807) is 0 Å². The maximum atomic E-state index is 11.6. The van der Waals surface area contributed by atoms with Gasteiger partial charge >= 0.3 is 0 Å². The summed E-state index contributed by atoms with van der Waals surface area (Å²) in [6, 6.07) is 0. The predicted molar refractivity (Wildman–Crippen MR) is 30.7 cm³/mol. The Hall–Kier alpha value is 0.120. The first kappa shape index (κ1) is 8.12. The van der Waals surface area contributed by atoms with Gasteiger partial charge in [-0.25, -0.2) is 8.78 Å². The highest BCUT2D eigenvalue weighted by Crippen LogP contribution is 2.29. The van der Waals surface area contributed by atoms with E-state index in [4.69, 9.17) is 0 Å². The largest absolute Gasteiger partial charge is 0.221 e. The lowest BCUT2D eigenvalue weighted by molar-refractivity contribution is 0.0967. The Morgan fingerprint density at radius 1 is 0.875 bits per heavy atom. The lowest BCUT2D eigenvalue weighted by atomic mass is 9.37. The van der Waals surface area contributed by atoms with Crippen LogP contribution in [-0.4, -0.2) is 37.2 Å². The van der Waals surface area contributed by atoms with Gasteiger partial charge in [0, 0.05) is 0 Å². The zero-order valence-electron chi connectivity index (χ0n) is 4.07. The molecule has 0 fully saturated rings. The maximum absolute atomic E-state index is 11.6. The van der Waals surface area contributed by atoms with E-state index in [1.165, 1.54) is 0 Å². The van der Waals surface area contributed by atoms with Crippen molar-refractivity contribution in [3.63, 3.8) is 0 Å². The topological polar surface area (TPSA) is 0 Å². The Balaban J connectivity index is 4.02. The minimum absolute atomic E-state index is 2.62. The molecule has 8 heavy (non-hydrogen) atoms. The van der Waals surface area contributed by atoms with E-state index >= 15 is 0 Å². The van der Waals surface area contributed by atoms with Gasteiger partial charge in [0.05, 0.1) is 23.5 Å². The van der Waals surface area contributed by atoms with Crippen LogP contribution in [0.2, 0.25) is 5.11 Å². The highest BCUT2D eigenvalue weighted by molar-refractivity contribution is 6.62. The highest BCUT2D eigenvalue weighted by Gasteiger charge is 2.34. The normalized spacial score (nSPS) is 13.8. The fraction of sp³-hybridized carbons (Fsp3) is 1.00. The third-order valence-corrected chi connectivity index (χ3v) is 0.577. The van der Waals surface area contributed by atoms with Gasteiger partial charge in [-0.3, -0.25) is 0 Å². The molecular weight excluding hydrogens is 105 g/mol. The third-order valence-electron chi connectivity index (χ3n) is 0.577. The van der Waals surface area contributed by atoms with Crippen LogP contribution in [0, 0.1) is 0 Å². The van der Waals surface area contributed by atoms with Gasteiger partial charge in [0.2, 0.25) is 0 Å². The smallest absolute Gasteiger partial charge is 0.184 e. The molecule has 0 rings (SSSR count). The van der Waals surface area contributed by atoms with Crippen LogP contribution >= 0.6 is 0 Å². The third kappa shape index (κ3) is 1.93. The lowest BCUT2D eigenvalue weighted by Crippen LogP contribution is -2.36. The molecule has 0 atom stereocenters. The summed E-state index contributed by atoms with van der Waals surface area (Å²) in [7, 11) is 17.6. The van der Waals surface area contributed by atoms with Crippen LogP contribution in [0.1, 0.15) is 0 Å². The fourth-order valence-electron chi connectivity index (χ4n) is 0. The maximum Gasteiger partial charge on any atom is 0.184 e. The second kappa shape index (κ2) is 1.82. The van der Waals surface area contributed by atoms with Gasteiger partial charge in [0.15, 0.2) is 13.7 Å². The van der Waals surface area contributed by atoms with Gasteiger partial charge in [-0.1, -0.05) is 5.11 Å². The van der Waals surface area contributed by atoms with Crippen molar-refractivity contribution >= 4 is 31.4 Å². The monoisotopic (exact) mass is 106 g/mol. The van der Waals surface area contributed by atoms with Crippen LogP contribution in [0.25, 0.3) is 0 Å². The summed E-state index contributed by atoms with van der Waals surface area (Å²) < 4.78 is 23.3. The summed E-state index contributed by atoms with van der Waals surface area (Å²) in [5.74, 6) is -3.73. The molecule has 6 heteroatoms. The van der Waals surface area contributed by atoms with Crippen molar-refractivity contribution < 1.29 is 8.78 Å². The number of hydrogen-bond acceptors (Lipinski definition) is 0. The molecule has 0 aromatic carbocycles. The first-order chi connectivity index (χ1) is 3.25. The molecule has 0 nitrogen and oxygen atoms in total. The van der Waals surface area contributed by atoms with Gasteiger partial charge in [0.1, 0.15) is 0 Å². The summed E-state index contributed by atoms with van der Waals surface area (Å²) >= 11 is 0. The molecule has 0 N–H and O–H groups in total. The molecule has 0 aromatic rings. The molecule has 0 heterocycles. The Kier molecular flexibility index (Phi) is 1.84. The molecule has 0 spiro atoms. The number of alkyl halides is 2. The van der Waals surface area contributed by atoms with E-state index in [1.807, 2.05) is 0 Å². The Bertz CT molecular complexity index is 67.0. The summed E-state index contributed by atoms with van der Waals surface area (Å²) in [5, 5.41) is -2.62. The van der Waals surface area contributed by atoms with Crippen molar-refractivity contribution in [3.05, 3.63) is 0 Å². The quantitative estimate of drug-likeness (QED) is 0.388. The van der Waals surface area contributed by atoms with E-state index in [-0.39, 0.29) is 0 Å². The molecule has 0 bridgehead atoms. The Morgan fingerprint density at radius 3 is 1.00 bits per heavy atom. The van der Waals surface area contributed by atoms with E-state index in [0.717, 1.165) is 0 Å². The minimum atomic E-state index is -3.73. The first-order valence-corrected chi connectivity index (χ1v) is 1.78. The van der Waals surface area contributed by atoms with Crippen LogP contribution in [0.5, 0.6) is 0 Å². The van der Waals surface area contributed by atoms with Crippen LogP contribution in [0.3, 0.4) is 0 Å². The van der Waals surface area contributed by atoms with Crippen molar-refractivity contribution in [2.75, 3.05) is 0 Å². The van der Waals surface area contributed by atoms with Gasteiger partial charge in [-0.05, 0) is 0 Å². The van der Waals surface area contributed by atoms with Crippen molar-refractivity contribution in [3.8, 4) is 0 Å². The van der Waals surface area contributed by atoms with Crippen molar-refractivity contribution in [2.24, 2.45) is 0 Å². The van der Waals surface area contributed by atoms with Gasteiger partial charge in [-0.2, -0.15) is 0 Å². The number of rotatable bonds is 1. The predicted octanol–water partition coefficient (Wildman–Crippen LogP) is -0.673. The van der Waals surface area contributed by atoms with Gasteiger partial charge in [0.25, 0.3) is 0 Å². The lowest BCUT2D eigenvalue weighted by Gasteiger charge is -2.28. The first-order valence-electron chi connectivity index (χ1n) is 1.78. The standard InChI is InChI=1S/C2B4F2/c3-1(4,5)2(6,7)8. The molecule has 0 aliphatic heterocycles. The summed E-state index contributed by atoms with van der Waals surface area (Å²) in [6.45, 7) is 0. The zero-order valence-corrected chi connectivity index (χ0v) is 4.07. The summed E-state index contributed by atoms with van der Waals surface area (Å²) in [4.78, 5) is 0. The molecule has 8 radical (unpaired) electrons. The van der Waals surface area contributed by atoms with E-state index in [0.29, 0.717) is 0 Å². The summed E-state index contributed by atoms with van der Waals surface area (Å²) in [6.07, 6.45) is 0. The fourth-order valence-corrected chi connectivity index (χ4v) is 0. The van der Waals surface area contributed by atoms with Crippen LogP contribution in [0.15, 0.2) is 0 Å². The Labute approximate surface area is 52.0 Å². The molecule has 0 aliphatic rings. The molecule has 0 aliphatic carbocycles. The molecule has 0 saturated heterocycles. The van der Waals surface area contributed by atoms with Crippen LogP contribution in [0.4, 0.5) is 8.78 Å². The van der Waals surface area contributed by atoms with Gasteiger partial charge < -0.3 is 0 Å². The van der Waals surface area contributed by atoms with Crippen molar-refractivity contribution in [2.45, 2.75) is 10.9 Å². The average Bonchev–Trinajstić information content (AvgIpc) is 1.25. The number of halogens is 2. The zero-order chi connectivity index (χ0) is 7.00. The van der Waals surface area contributed by atoms with Gasteiger partial charge in [-0.15, -0.1) is 0 Å². The van der Waals surface area contributed by atoms with Crippen molar-refractivity contribution in [1.29, 1.82) is 0 Å². The number of hydrogen-bond donors (Lipinski definition) is 0. The molecule has 0 aromatic heterocycles. The van der Waals surface area contributed by atoms with Crippen LogP contribution < -0.4 is 0 Å². The average molecular weight is 105 g/mol. The molecule has 34 valence electrons. The molecule has 0 amide bonds. The molecule has 0 unspecified atom stereocenters. The summed E-state index contributed by atoms with van der Waals surface area (Å²) in [5.41, 5.74) is 0.